The number of rotatable bonds is 3. The van der Waals surface area contributed by atoms with Crippen LogP contribution in [0.2, 0.25) is 0 Å². The van der Waals surface area contributed by atoms with Crippen LogP contribution in [0.5, 0.6) is 0 Å². The van der Waals surface area contributed by atoms with Crippen molar-refractivity contribution in [1.82, 2.24) is 0 Å². The van der Waals surface area contributed by atoms with E-state index in [1.807, 2.05) is 86.0 Å². The summed E-state index contributed by atoms with van der Waals surface area (Å²) in [6, 6.07) is 19.9. The van der Waals surface area contributed by atoms with Gasteiger partial charge < -0.3 is 0 Å². The number of thiophene rings is 1. The summed E-state index contributed by atoms with van der Waals surface area (Å²) in [6.07, 6.45) is 1.95. The van der Waals surface area contributed by atoms with Gasteiger partial charge in [0.2, 0.25) is 0 Å². The van der Waals surface area contributed by atoms with Gasteiger partial charge in [0.25, 0.3) is 5.91 Å². The van der Waals surface area contributed by atoms with E-state index in [2.05, 4.69) is 0 Å². The topological polar surface area (TPSA) is 32.7 Å². The fourth-order valence-electron chi connectivity index (χ4n) is 2.87. The molecule has 2 aromatic carbocycles. The molecule has 2 heterocycles. The van der Waals surface area contributed by atoms with Crippen LogP contribution in [0.15, 0.2) is 75.9 Å². The first kappa shape index (κ1) is 17.8. The van der Waals surface area contributed by atoms with Gasteiger partial charge in [0, 0.05) is 4.88 Å². The number of carbonyl (C=O) groups excluding carboxylic acids is 1. The van der Waals surface area contributed by atoms with E-state index in [4.69, 9.17) is 4.99 Å². The Hall–Kier alpha value is -2.63. The number of aliphatic imine (C=N–C) groups is 1. The Morgan fingerprint density at radius 2 is 1.67 bits per heavy atom. The van der Waals surface area contributed by atoms with Crippen molar-refractivity contribution in [2.24, 2.45) is 4.99 Å². The monoisotopic (exact) mass is 390 g/mol. The van der Waals surface area contributed by atoms with Gasteiger partial charge in [-0.3, -0.25) is 9.69 Å². The zero-order chi connectivity index (χ0) is 18.8. The summed E-state index contributed by atoms with van der Waals surface area (Å²) in [7, 11) is 0. The van der Waals surface area contributed by atoms with E-state index in [1.54, 1.807) is 16.2 Å². The minimum atomic E-state index is -0.0324. The zero-order valence-corrected chi connectivity index (χ0v) is 16.7. The Kier molecular flexibility index (Phi) is 4.97. The highest BCUT2D eigenvalue weighted by Gasteiger charge is 2.35. The van der Waals surface area contributed by atoms with Gasteiger partial charge >= 0.3 is 0 Å². The molecule has 0 saturated carbocycles. The summed E-state index contributed by atoms with van der Waals surface area (Å²) < 4.78 is 0. The number of thioether (sulfide) groups is 1. The molecule has 4 rings (SSSR count). The van der Waals surface area contributed by atoms with Crippen molar-refractivity contribution in [3.8, 4) is 0 Å². The average Bonchev–Trinajstić information content (AvgIpc) is 3.27. The summed E-state index contributed by atoms with van der Waals surface area (Å²) in [5.41, 5.74) is 3.88. The lowest BCUT2D eigenvalue weighted by atomic mass is 10.2. The van der Waals surface area contributed by atoms with Gasteiger partial charge in [-0.25, -0.2) is 4.99 Å². The van der Waals surface area contributed by atoms with Crippen LogP contribution in [0.3, 0.4) is 0 Å². The van der Waals surface area contributed by atoms with E-state index in [0.29, 0.717) is 10.1 Å². The molecule has 1 fully saturated rings. The number of amides is 1. The van der Waals surface area contributed by atoms with E-state index in [0.717, 1.165) is 27.4 Å². The molecule has 3 aromatic rings. The standard InChI is InChI=1S/C22H18N2OS2/c1-15-8-3-5-11-18(15)23-22-24(19-12-6-4-9-16(19)2)21(25)20(27-22)14-17-10-7-13-26-17/h3-14H,1-2H3/b20-14-,23-22?. The minimum Gasteiger partial charge on any atom is -0.268 e. The SMILES string of the molecule is Cc1ccccc1N=C1S/C(=C\c2cccs2)C(=O)N1c1ccccc1C. The number of hydrogen-bond acceptors (Lipinski definition) is 4. The molecule has 1 amide bonds. The van der Waals surface area contributed by atoms with Crippen LogP contribution in [0.1, 0.15) is 16.0 Å². The zero-order valence-electron chi connectivity index (χ0n) is 15.0. The maximum atomic E-state index is 13.2. The molecule has 3 nitrogen and oxygen atoms in total. The van der Waals surface area contributed by atoms with Gasteiger partial charge in [0.1, 0.15) is 0 Å². The van der Waals surface area contributed by atoms with Gasteiger partial charge in [0.15, 0.2) is 5.17 Å². The second-order valence-corrected chi connectivity index (χ2v) is 8.22. The fourth-order valence-corrected chi connectivity index (χ4v) is 4.58. The largest absolute Gasteiger partial charge is 0.271 e. The fraction of sp³-hybridized carbons (Fsp3) is 0.0909. The molecular formula is C22H18N2OS2. The second kappa shape index (κ2) is 7.55. The number of carbonyl (C=O) groups is 1. The Balaban J connectivity index is 1.83. The van der Waals surface area contributed by atoms with Gasteiger partial charge in [0.05, 0.1) is 16.3 Å². The van der Waals surface area contributed by atoms with Crippen molar-refractivity contribution in [3.63, 3.8) is 0 Å². The van der Waals surface area contributed by atoms with Crippen LogP contribution in [-0.4, -0.2) is 11.1 Å². The van der Waals surface area contributed by atoms with Crippen LogP contribution in [-0.2, 0) is 4.79 Å². The van der Waals surface area contributed by atoms with E-state index >= 15 is 0 Å². The smallest absolute Gasteiger partial charge is 0.268 e. The molecule has 0 radical (unpaired) electrons. The highest BCUT2D eigenvalue weighted by Crippen LogP contribution is 2.39. The number of anilines is 1. The van der Waals surface area contributed by atoms with Gasteiger partial charge in [-0.2, -0.15) is 0 Å². The number of nitrogens with zero attached hydrogens (tertiary/aromatic N) is 2. The molecule has 0 atom stereocenters. The summed E-state index contributed by atoms with van der Waals surface area (Å²) in [6.45, 7) is 4.04. The molecule has 1 saturated heterocycles. The van der Waals surface area contributed by atoms with Crippen LogP contribution >= 0.6 is 23.1 Å². The normalized spacial score (nSPS) is 17.3. The Labute approximate surface area is 167 Å². The van der Waals surface area contributed by atoms with E-state index < -0.39 is 0 Å². The number of amidine groups is 1. The summed E-state index contributed by atoms with van der Waals surface area (Å²) in [5, 5.41) is 2.70. The van der Waals surface area contributed by atoms with Crippen molar-refractivity contribution in [2.75, 3.05) is 4.90 Å². The molecule has 1 aliphatic rings. The highest BCUT2D eigenvalue weighted by molar-refractivity contribution is 8.19. The quantitative estimate of drug-likeness (QED) is 0.501. The van der Waals surface area contributed by atoms with Gasteiger partial charge in [-0.05, 0) is 66.4 Å². The van der Waals surface area contributed by atoms with E-state index in [-0.39, 0.29) is 5.91 Å². The first-order valence-corrected chi connectivity index (χ1v) is 10.3. The van der Waals surface area contributed by atoms with Crippen molar-refractivity contribution in [3.05, 3.63) is 87.0 Å². The van der Waals surface area contributed by atoms with Crippen LogP contribution in [0.25, 0.3) is 6.08 Å². The Morgan fingerprint density at radius 3 is 2.37 bits per heavy atom. The van der Waals surface area contributed by atoms with Gasteiger partial charge in [-0.15, -0.1) is 11.3 Å². The number of benzene rings is 2. The molecule has 1 aromatic heterocycles. The maximum absolute atomic E-state index is 13.2. The van der Waals surface area contributed by atoms with Crippen LogP contribution in [0.4, 0.5) is 11.4 Å². The average molecular weight is 391 g/mol. The lowest BCUT2D eigenvalue weighted by Gasteiger charge is -2.18. The molecule has 27 heavy (non-hydrogen) atoms. The molecule has 1 aliphatic heterocycles. The first-order valence-electron chi connectivity index (χ1n) is 8.61. The second-order valence-electron chi connectivity index (χ2n) is 6.23. The molecule has 0 spiro atoms. The maximum Gasteiger partial charge on any atom is 0.271 e. The first-order chi connectivity index (χ1) is 13.1. The molecule has 0 aliphatic carbocycles. The molecule has 134 valence electrons. The summed E-state index contributed by atoms with van der Waals surface area (Å²) in [5.74, 6) is -0.0324. The third kappa shape index (κ3) is 3.61. The molecule has 5 heteroatoms. The lowest BCUT2D eigenvalue weighted by molar-refractivity contribution is -0.113. The molecule has 0 N–H and O–H groups in total. The number of para-hydroxylation sites is 2. The van der Waals surface area contributed by atoms with Crippen LogP contribution in [0, 0.1) is 13.8 Å². The minimum absolute atomic E-state index is 0.0324. The van der Waals surface area contributed by atoms with Crippen LogP contribution < -0.4 is 4.90 Å². The van der Waals surface area contributed by atoms with Crippen molar-refractivity contribution in [1.29, 1.82) is 0 Å². The number of aryl methyl sites for hydroxylation is 2. The van der Waals surface area contributed by atoms with Crippen molar-refractivity contribution < 1.29 is 4.79 Å². The highest BCUT2D eigenvalue weighted by atomic mass is 32.2. The Morgan fingerprint density at radius 1 is 0.926 bits per heavy atom. The predicted molar refractivity (Wildman–Crippen MR) is 117 cm³/mol. The Bertz CT molecular complexity index is 1050. The number of hydrogen-bond donors (Lipinski definition) is 0. The lowest BCUT2D eigenvalue weighted by Crippen LogP contribution is -2.29. The third-order valence-corrected chi connectivity index (χ3v) is 6.10. The van der Waals surface area contributed by atoms with E-state index in [1.165, 1.54) is 11.8 Å². The predicted octanol–water partition coefficient (Wildman–Crippen LogP) is 6.17. The third-order valence-electron chi connectivity index (χ3n) is 4.31. The molecule has 0 unspecified atom stereocenters. The van der Waals surface area contributed by atoms with Gasteiger partial charge in [-0.1, -0.05) is 42.5 Å². The summed E-state index contributed by atoms with van der Waals surface area (Å²) >= 11 is 3.05. The molecule has 0 bridgehead atoms. The van der Waals surface area contributed by atoms with Crippen molar-refractivity contribution in [2.45, 2.75) is 13.8 Å². The molecular weight excluding hydrogens is 372 g/mol. The summed E-state index contributed by atoms with van der Waals surface area (Å²) in [4.78, 5) is 21.5. The van der Waals surface area contributed by atoms with E-state index in [9.17, 15) is 4.79 Å². The van der Waals surface area contributed by atoms with Crippen molar-refractivity contribution >= 4 is 51.6 Å².